The van der Waals surface area contributed by atoms with Gasteiger partial charge in [-0.15, -0.1) is 0 Å². The van der Waals surface area contributed by atoms with Crippen molar-refractivity contribution in [1.82, 2.24) is 4.57 Å². The van der Waals surface area contributed by atoms with Gasteiger partial charge in [0, 0.05) is 33.5 Å². The molecule has 0 atom stereocenters. The molecule has 0 N–H and O–H groups in total. The van der Waals surface area contributed by atoms with Crippen molar-refractivity contribution in [1.29, 1.82) is 0 Å². The monoisotopic (exact) mass is 940 g/mol. The van der Waals surface area contributed by atoms with Gasteiger partial charge in [0.2, 0.25) is 0 Å². The molecule has 1 heterocycles. The molecule has 0 spiro atoms. The van der Waals surface area contributed by atoms with E-state index in [0.29, 0.717) is 0 Å². The molecule has 0 aliphatic carbocycles. The minimum absolute atomic E-state index is 1.08. The molecule has 0 saturated heterocycles. The third-order valence-corrected chi connectivity index (χ3v) is 15.0. The second-order valence-corrected chi connectivity index (χ2v) is 19.2. The summed E-state index contributed by atoms with van der Waals surface area (Å²) in [6.07, 6.45) is 0. The summed E-state index contributed by atoms with van der Waals surface area (Å²) < 4.78 is 2.42. The normalized spacial score (nSPS) is 11.5. The molecule has 0 aliphatic heterocycles. The molecule has 0 unspecified atom stereocenters. The zero-order chi connectivity index (χ0) is 49.0. The van der Waals surface area contributed by atoms with E-state index in [0.717, 1.165) is 28.3 Å². The Bertz CT molecular complexity index is 4200. The molecule has 14 rings (SSSR count). The predicted molar refractivity (Wildman–Crippen MR) is 315 cm³/mol. The number of benzene rings is 13. The van der Waals surface area contributed by atoms with Crippen molar-refractivity contribution in [3.63, 3.8) is 0 Å². The Morgan fingerprint density at radius 2 is 0.676 bits per heavy atom. The summed E-state index contributed by atoms with van der Waals surface area (Å²) in [5, 5.41) is 9.95. The topological polar surface area (TPSA) is 8.17 Å². The smallest absolute Gasteiger partial charge is 0.0553 e. The lowest BCUT2D eigenvalue weighted by Gasteiger charge is -2.27. The molecule has 2 nitrogen and oxygen atoms in total. The van der Waals surface area contributed by atoms with Crippen molar-refractivity contribution >= 4 is 71.2 Å². The average molecular weight is 941 g/mol. The number of rotatable bonds is 9. The molecule has 0 aliphatic rings. The van der Waals surface area contributed by atoms with Gasteiger partial charge in [0.05, 0.1) is 11.0 Å². The molecule has 0 fully saturated rings. The van der Waals surface area contributed by atoms with E-state index in [1.54, 1.807) is 0 Å². The number of hydrogen-bond acceptors (Lipinski definition) is 1. The van der Waals surface area contributed by atoms with Gasteiger partial charge in [-0.05, 0) is 149 Å². The highest BCUT2D eigenvalue weighted by molar-refractivity contribution is 6.23. The van der Waals surface area contributed by atoms with Crippen molar-refractivity contribution in [3.8, 4) is 61.3 Å². The van der Waals surface area contributed by atoms with Gasteiger partial charge in [0.1, 0.15) is 0 Å². The standard InChI is InChI=1S/C72H48N2/c1-2-21-59(22-3-1)74-69-30-11-10-27-68(69)72-70(74)48-57-17-6-9-26-67(57)71(72)58-20-12-23-62(47-58)73(60-43-39-51(40-44-60)49-31-35-55(36-32-49)65-28-13-18-53-15-4-7-24-63(53)65)61-45-41-52(42-46-61)50-33-37-56(38-34-50)66-29-14-19-54-16-5-8-25-64(54)66/h1-48H. The largest absolute Gasteiger partial charge is 0.310 e. The number of fused-ring (bicyclic) bond motifs is 6. The van der Waals surface area contributed by atoms with Crippen LogP contribution in [-0.2, 0) is 0 Å². The lowest BCUT2D eigenvalue weighted by molar-refractivity contribution is 1.18. The Morgan fingerprint density at radius 1 is 0.243 bits per heavy atom. The van der Waals surface area contributed by atoms with E-state index in [1.165, 1.54) is 104 Å². The summed E-state index contributed by atoms with van der Waals surface area (Å²) in [5.74, 6) is 0. The van der Waals surface area contributed by atoms with Crippen LogP contribution in [0.3, 0.4) is 0 Å². The van der Waals surface area contributed by atoms with Crippen LogP contribution < -0.4 is 4.90 Å². The highest BCUT2D eigenvalue weighted by atomic mass is 15.1. The minimum atomic E-state index is 1.08. The van der Waals surface area contributed by atoms with E-state index in [2.05, 4.69) is 301 Å². The van der Waals surface area contributed by atoms with Crippen LogP contribution in [0.5, 0.6) is 0 Å². The first-order valence-electron chi connectivity index (χ1n) is 25.5. The molecule has 0 amide bonds. The lowest BCUT2D eigenvalue weighted by atomic mass is 9.92. The second-order valence-electron chi connectivity index (χ2n) is 19.2. The maximum atomic E-state index is 2.42. The van der Waals surface area contributed by atoms with Crippen LogP contribution in [-0.4, -0.2) is 4.57 Å². The highest BCUT2D eigenvalue weighted by Crippen LogP contribution is 2.46. The van der Waals surface area contributed by atoms with E-state index in [1.807, 2.05) is 0 Å². The molecular weight excluding hydrogens is 893 g/mol. The van der Waals surface area contributed by atoms with Gasteiger partial charge in [-0.3, -0.25) is 0 Å². The molecule has 0 radical (unpaired) electrons. The number of aromatic nitrogens is 1. The maximum Gasteiger partial charge on any atom is 0.0553 e. The molecule has 13 aromatic carbocycles. The molecule has 1 aromatic heterocycles. The summed E-state index contributed by atoms with van der Waals surface area (Å²) in [4.78, 5) is 2.40. The van der Waals surface area contributed by atoms with Crippen LogP contribution in [0, 0.1) is 0 Å². The van der Waals surface area contributed by atoms with E-state index in [9.17, 15) is 0 Å². The van der Waals surface area contributed by atoms with Crippen LogP contribution in [0.25, 0.3) is 115 Å². The van der Waals surface area contributed by atoms with Crippen LogP contribution in [0.15, 0.2) is 291 Å². The summed E-state index contributed by atoms with van der Waals surface area (Å²) in [6, 6.07) is 106. The molecule has 2 heteroatoms. The highest BCUT2D eigenvalue weighted by Gasteiger charge is 2.21. The second kappa shape index (κ2) is 18.1. The first-order chi connectivity index (χ1) is 36.7. The van der Waals surface area contributed by atoms with Gasteiger partial charge >= 0.3 is 0 Å². The Morgan fingerprint density at radius 3 is 1.24 bits per heavy atom. The fraction of sp³-hybridized carbons (Fsp3) is 0. The van der Waals surface area contributed by atoms with Crippen molar-refractivity contribution in [3.05, 3.63) is 291 Å². The number of para-hydroxylation sites is 2. The molecule has 0 saturated carbocycles. The molecule has 14 aromatic rings. The Hall–Kier alpha value is -9.76. The lowest BCUT2D eigenvalue weighted by Crippen LogP contribution is -2.10. The zero-order valence-corrected chi connectivity index (χ0v) is 40.6. The quantitative estimate of drug-likeness (QED) is 0.140. The van der Waals surface area contributed by atoms with Crippen LogP contribution in [0.2, 0.25) is 0 Å². The minimum Gasteiger partial charge on any atom is -0.310 e. The van der Waals surface area contributed by atoms with Crippen molar-refractivity contribution in [2.75, 3.05) is 4.90 Å². The fourth-order valence-corrected chi connectivity index (χ4v) is 11.4. The van der Waals surface area contributed by atoms with E-state index >= 15 is 0 Å². The van der Waals surface area contributed by atoms with Gasteiger partial charge < -0.3 is 9.47 Å². The van der Waals surface area contributed by atoms with Gasteiger partial charge in [-0.25, -0.2) is 0 Å². The first-order valence-corrected chi connectivity index (χ1v) is 25.5. The molecule has 346 valence electrons. The van der Waals surface area contributed by atoms with Crippen LogP contribution in [0.1, 0.15) is 0 Å². The van der Waals surface area contributed by atoms with Crippen LogP contribution in [0.4, 0.5) is 17.1 Å². The summed E-state index contributed by atoms with van der Waals surface area (Å²) >= 11 is 0. The Balaban J connectivity index is 0.878. The van der Waals surface area contributed by atoms with Crippen molar-refractivity contribution < 1.29 is 0 Å². The molecule has 74 heavy (non-hydrogen) atoms. The van der Waals surface area contributed by atoms with E-state index in [-0.39, 0.29) is 0 Å². The van der Waals surface area contributed by atoms with Crippen LogP contribution >= 0.6 is 0 Å². The zero-order valence-electron chi connectivity index (χ0n) is 40.6. The Labute approximate surface area is 430 Å². The SMILES string of the molecule is c1ccc(-n2c3ccccc3c3c(-c4cccc(N(c5ccc(-c6ccc(-c7cccc8ccccc78)cc6)cc5)c5ccc(-c6ccc(-c7cccc8ccccc78)cc6)cc5)c4)c4ccccc4cc32)cc1. The first kappa shape index (κ1) is 43.1. The summed E-state index contributed by atoms with van der Waals surface area (Å²) in [6.45, 7) is 0. The summed E-state index contributed by atoms with van der Waals surface area (Å²) in [5.41, 5.74) is 18.8. The van der Waals surface area contributed by atoms with Gasteiger partial charge in [-0.2, -0.15) is 0 Å². The third-order valence-electron chi connectivity index (χ3n) is 15.0. The van der Waals surface area contributed by atoms with Crippen molar-refractivity contribution in [2.45, 2.75) is 0 Å². The maximum absolute atomic E-state index is 2.42. The van der Waals surface area contributed by atoms with Gasteiger partial charge in [0.25, 0.3) is 0 Å². The number of hydrogen-bond donors (Lipinski definition) is 0. The third kappa shape index (κ3) is 7.52. The van der Waals surface area contributed by atoms with E-state index < -0.39 is 0 Å². The average Bonchev–Trinajstić information content (AvgIpc) is 3.81. The number of anilines is 3. The van der Waals surface area contributed by atoms with Crippen molar-refractivity contribution in [2.24, 2.45) is 0 Å². The van der Waals surface area contributed by atoms with Gasteiger partial charge in [-0.1, -0.05) is 231 Å². The Kier molecular flexibility index (Phi) is 10.6. The van der Waals surface area contributed by atoms with Gasteiger partial charge in [0.15, 0.2) is 0 Å². The number of nitrogens with zero attached hydrogens (tertiary/aromatic N) is 2. The van der Waals surface area contributed by atoms with E-state index in [4.69, 9.17) is 0 Å². The molecule has 0 bridgehead atoms. The summed E-state index contributed by atoms with van der Waals surface area (Å²) in [7, 11) is 0. The fourth-order valence-electron chi connectivity index (χ4n) is 11.4. The predicted octanol–water partition coefficient (Wildman–Crippen LogP) is 20.0. The molecular formula is C72H48N2.